The molecule has 1 amide bonds. The molecule has 26 heavy (non-hydrogen) atoms. The van der Waals surface area contributed by atoms with Crippen LogP contribution in [0.3, 0.4) is 0 Å². The van der Waals surface area contributed by atoms with E-state index in [-0.39, 0.29) is 5.91 Å². The highest BCUT2D eigenvalue weighted by Gasteiger charge is 2.13. The van der Waals surface area contributed by atoms with Gasteiger partial charge in [-0.15, -0.1) is 11.3 Å². The summed E-state index contributed by atoms with van der Waals surface area (Å²) in [6.07, 6.45) is 1.58. The highest BCUT2D eigenvalue weighted by Crippen LogP contribution is 2.24. The van der Waals surface area contributed by atoms with Gasteiger partial charge in [0.2, 0.25) is 0 Å². The number of thiazole rings is 1. The lowest BCUT2D eigenvalue weighted by Crippen LogP contribution is -2.12. The predicted octanol–water partition coefficient (Wildman–Crippen LogP) is 4.21. The molecule has 0 atom stereocenters. The van der Waals surface area contributed by atoms with E-state index in [2.05, 4.69) is 10.3 Å². The van der Waals surface area contributed by atoms with Crippen molar-refractivity contribution in [2.75, 3.05) is 25.1 Å². The van der Waals surface area contributed by atoms with Crippen LogP contribution in [0.4, 0.5) is 5.69 Å². The van der Waals surface area contributed by atoms with Crippen molar-refractivity contribution in [3.8, 4) is 10.8 Å². The van der Waals surface area contributed by atoms with Crippen molar-refractivity contribution in [3.05, 3.63) is 59.3 Å². The van der Waals surface area contributed by atoms with Crippen LogP contribution < -0.4 is 5.32 Å². The van der Waals surface area contributed by atoms with Crippen molar-refractivity contribution in [3.63, 3.8) is 0 Å². The molecule has 0 saturated heterocycles. The molecule has 6 nitrogen and oxygen atoms in total. The third-order valence-electron chi connectivity index (χ3n) is 3.50. The van der Waals surface area contributed by atoms with E-state index >= 15 is 0 Å². The minimum atomic E-state index is -0.256. The van der Waals surface area contributed by atoms with Crippen molar-refractivity contribution >= 4 is 22.9 Å². The Morgan fingerprint density at radius 1 is 1.23 bits per heavy atom. The molecule has 0 saturated carbocycles. The molecule has 0 radical (unpaired) electrons. The zero-order chi connectivity index (χ0) is 18.2. The van der Waals surface area contributed by atoms with Crippen LogP contribution >= 0.6 is 11.3 Å². The summed E-state index contributed by atoms with van der Waals surface area (Å²) in [4.78, 5) is 16.7. The van der Waals surface area contributed by atoms with Gasteiger partial charge in [0.25, 0.3) is 5.91 Å². The first-order valence-electron chi connectivity index (χ1n) is 8.31. The summed E-state index contributed by atoms with van der Waals surface area (Å²) >= 11 is 1.37. The minimum Gasteiger partial charge on any atom is -0.462 e. The number of hydrogen-bond donors (Lipinski definition) is 1. The van der Waals surface area contributed by atoms with E-state index in [1.165, 1.54) is 11.3 Å². The lowest BCUT2D eigenvalue weighted by Gasteiger charge is -2.07. The van der Waals surface area contributed by atoms with E-state index < -0.39 is 0 Å². The second-order valence-corrected chi connectivity index (χ2v) is 6.28. The molecule has 7 heteroatoms. The van der Waals surface area contributed by atoms with Crippen molar-refractivity contribution in [2.45, 2.75) is 13.5 Å². The van der Waals surface area contributed by atoms with Crippen LogP contribution in [0, 0.1) is 0 Å². The van der Waals surface area contributed by atoms with Crippen LogP contribution in [-0.2, 0) is 16.1 Å². The molecule has 0 aliphatic carbocycles. The number of furan rings is 1. The molecule has 1 aromatic carbocycles. The first-order valence-corrected chi connectivity index (χ1v) is 9.19. The van der Waals surface area contributed by atoms with Crippen LogP contribution in [-0.4, -0.2) is 30.7 Å². The summed E-state index contributed by atoms with van der Waals surface area (Å²) in [7, 11) is 0. The number of amides is 1. The van der Waals surface area contributed by atoms with Crippen LogP contribution in [0.5, 0.6) is 0 Å². The molecule has 0 fully saturated rings. The van der Waals surface area contributed by atoms with Gasteiger partial charge in [-0.2, -0.15) is 0 Å². The summed E-state index contributed by atoms with van der Waals surface area (Å²) in [6, 6.07) is 11.2. The van der Waals surface area contributed by atoms with Crippen molar-refractivity contribution in [1.82, 2.24) is 4.98 Å². The third-order valence-corrected chi connectivity index (χ3v) is 4.36. The molecular formula is C19H20N2O4S. The Morgan fingerprint density at radius 3 is 2.92 bits per heavy atom. The third kappa shape index (κ3) is 5.01. The summed E-state index contributed by atoms with van der Waals surface area (Å²) in [5, 5.41) is 5.26. The van der Waals surface area contributed by atoms with Gasteiger partial charge in [0.05, 0.1) is 26.1 Å². The van der Waals surface area contributed by atoms with E-state index in [9.17, 15) is 4.79 Å². The van der Waals surface area contributed by atoms with E-state index in [0.717, 1.165) is 5.56 Å². The maximum absolute atomic E-state index is 12.4. The smallest absolute Gasteiger partial charge is 0.275 e. The molecule has 0 unspecified atom stereocenters. The van der Waals surface area contributed by atoms with Gasteiger partial charge >= 0.3 is 0 Å². The van der Waals surface area contributed by atoms with Crippen LogP contribution in [0.2, 0.25) is 0 Å². The largest absolute Gasteiger partial charge is 0.462 e. The van der Waals surface area contributed by atoms with Gasteiger partial charge in [-0.25, -0.2) is 4.98 Å². The average molecular weight is 372 g/mol. The lowest BCUT2D eigenvalue weighted by atomic mass is 10.2. The van der Waals surface area contributed by atoms with Gasteiger partial charge in [-0.1, -0.05) is 12.1 Å². The number of rotatable bonds is 9. The molecule has 0 aliphatic rings. The topological polar surface area (TPSA) is 73.6 Å². The van der Waals surface area contributed by atoms with Crippen LogP contribution in [0.1, 0.15) is 23.0 Å². The van der Waals surface area contributed by atoms with Gasteiger partial charge in [0.1, 0.15) is 5.69 Å². The number of carbonyl (C=O) groups excluding carboxylic acids is 1. The molecule has 0 bridgehead atoms. The molecule has 136 valence electrons. The second-order valence-electron chi connectivity index (χ2n) is 5.42. The van der Waals surface area contributed by atoms with E-state index in [1.807, 2.05) is 37.3 Å². The van der Waals surface area contributed by atoms with Gasteiger partial charge < -0.3 is 19.2 Å². The molecule has 0 aliphatic heterocycles. The maximum atomic E-state index is 12.4. The Morgan fingerprint density at radius 2 is 2.12 bits per heavy atom. The summed E-state index contributed by atoms with van der Waals surface area (Å²) < 4.78 is 16.1. The molecule has 1 N–H and O–H groups in total. The number of carbonyl (C=O) groups is 1. The van der Waals surface area contributed by atoms with Crippen molar-refractivity contribution < 1.29 is 18.7 Å². The minimum absolute atomic E-state index is 0.256. The number of ether oxygens (including phenoxy) is 2. The monoisotopic (exact) mass is 372 g/mol. The Balaban J connectivity index is 1.56. The number of anilines is 1. The Kier molecular flexibility index (Phi) is 6.54. The quantitative estimate of drug-likeness (QED) is 0.570. The fourth-order valence-corrected chi connectivity index (χ4v) is 3.04. The van der Waals surface area contributed by atoms with Crippen LogP contribution in [0.15, 0.2) is 52.5 Å². The lowest BCUT2D eigenvalue weighted by molar-refractivity contribution is 0.0453. The fraction of sp³-hybridized carbons (Fsp3) is 0.263. The highest BCUT2D eigenvalue weighted by molar-refractivity contribution is 7.13. The average Bonchev–Trinajstić information content (AvgIpc) is 3.33. The number of aromatic nitrogens is 1. The van der Waals surface area contributed by atoms with E-state index in [4.69, 9.17) is 13.9 Å². The maximum Gasteiger partial charge on any atom is 0.275 e. The summed E-state index contributed by atoms with van der Waals surface area (Å²) in [5.74, 6) is 0.397. The zero-order valence-electron chi connectivity index (χ0n) is 14.4. The highest BCUT2D eigenvalue weighted by atomic mass is 32.1. The summed E-state index contributed by atoms with van der Waals surface area (Å²) in [5.41, 5.74) is 2.04. The first-order chi connectivity index (χ1) is 12.8. The fourth-order valence-electron chi connectivity index (χ4n) is 2.28. The van der Waals surface area contributed by atoms with Gasteiger partial charge in [-0.3, -0.25) is 4.79 Å². The Labute approximate surface area is 155 Å². The number of hydrogen-bond acceptors (Lipinski definition) is 6. The van der Waals surface area contributed by atoms with Gasteiger partial charge in [-0.05, 0) is 36.8 Å². The molecule has 2 aromatic heterocycles. The number of nitrogens with zero attached hydrogens (tertiary/aromatic N) is 1. The van der Waals surface area contributed by atoms with Crippen molar-refractivity contribution in [2.24, 2.45) is 0 Å². The zero-order valence-corrected chi connectivity index (χ0v) is 15.3. The Bertz CT molecular complexity index is 830. The number of nitrogens with one attached hydrogen (secondary N) is 1. The van der Waals surface area contributed by atoms with E-state index in [0.29, 0.717) is 48.6 Å². The summed E-state index contributed by atoms with van der Waals surface area (Å²) in [6.45, 7) is 4.22. The van der Waals surface area contributed by atoms with Crippen molar-refractivity contribution in [1.29, 1.82) is 0 Å². The standard InChI is InChI=1S/C19H20N2O4S/c1-2-23-9-10-24-12-14-5-3-6-15(11-14)20-18(22)16-13-26-19(21-16)17-7-4-8-25-17/h3-8,11,13H,2,9-10,12H2,1H3,(H,20,22). The second kappa shape index (κ2) is 9.28. The first kappa shape index (κ1) is 18.3. The SMILES string of the molecule is CCOCCOCc1cccc(NC(=O)c2csc(-c3ccco3)n2)c1. The molecule has 0 spiro atoms. The van der Waals surface area contributed by atoms with E-state index in [1.54, 1.807) is 17.7 Å². The normalized spacial score (nSPS) is 10.8. The molecule has 3 rings (SSSR count). The number of benzene rings is 1. The van der Waals surface area contributed by atoms with Crippen LogP contribution in [0.25, 0.3) is 10.8 Å². The molecule has 3 aromatic rings. The van der Waals surface area contributed by atoms with Gasteiger partial charge in [0, 0.05) is 17.7 Å². The molecular weight excluding hydrogens is 352 g/mol. The Hall–Kier alpha value is -2.48. The molecule has 2 heterocycles. The van der Waals surface area contributed by atoms with Gasteiger partial charge in [0.15, 0.2) is 10.8 Å². The predicted molar refractivity (Wildman–Crippen MR) is 100 cm³/mol.